The highest BCUT2D eigenvalue weighted by Gasteiger charge is 2.25. The van der Waals surface area contributed by atoms with Gasteiger partial charge in [0.25, 0.3) is 5.56 Å². The number of aliphatic carboxylic acids is 1. The zero-order valence-electron chi connectivity index (χ0n) is 16.4. The van der Waals surface area contributed by atoms with Crippen molar-refractivity contribution in [2.45, 2.75) is 19.4 Å². The molecule has 2 heterocycles. The lowest BCUT2D eigenvalue weighted by Crippen LogP contribution is -2.27. The van der Waals surface area contributed by atoms with Crippen LogP contribution in [0.2, 0.25) is 0 Å². The van der Waals surface area contributed by atoms with Crippen molar-refractivity contribution < 1.29 is 19.4 Å². The van der Waals surface area contributed by atoms with Gasteiger partial charge in [-0.3, -0.25) is 9.89 Å². The van der Waals surface area contributed by atoms with Crippen LogP contribution in [-0.4, -0.2) is 32.7 Å². The number of H-pyrrole nitrogens is 1. The van der Waals surface area contributed by atoms with Crippen molar-refractivity contribution in [2.75, 3.05) is 0 Å². The normalized spacial score (nSPS) is 13.3. The molecule has 8 nitrogen and oxygen atoms in total. The van der Waals surface area contributed by atoms with Gasteiger partial charge in [-0.2, -0.15) is 0 Å². The van der Waals surface area contributed by atoms with Crippen molar-refractivity contribution in [1.82, 2.24) is 9.78 Å². The van der Waals surface area contributed by atoms with Crippen LogP contribution in [0.15, 0.2) is 82.2 Å². The molecular formula is C23H19N3O5. The fourth-order valence-electron chi connectivity index (χ4n) is 3.29. The minimum absolute atomic E-state index is 0.0165. The van der Waals surface area contributed by atoms with Crippen LogP contribution in [-0.2, 0) is 16.1 Å². The van der Waals surface area contributed by atoms with Crippen LogP contribution < -0.4 is 5.56 Å². The molecule has 0 unspecified atom stereocenters. The molecule has 0 bridgehead atoms. The third kappa shape index (κ3) is 4.23. The highest BCUT2D eigenvalue weighted by Crippen LogP contribution is 2.21. The molecule has 156 valence electrons. The van der Waals surface area contributed by atoms with Gasteiger partial charge in [0.2, 0.25) is 0 Å². The van der Waals surface area contributed by atoms with Crippen LogP contribution in [0.4, 0.5) is 0 Å². The molecule has 0 aliphatic carbocycles. The minimum Gasteiger partial charge on any atom is -0.478 e. The van der Waals surface area contributed by atoms with E-state index in [2.05, 4.69) is 10.1 Å². The molecule has 3 aromatic rings. The molecule has 8 heteroatoms. The molecular weight excluding hydrogens is 398 g/mol. The van der Waals surface area contributed by atoms with Gasteiger partial charge in [-0.15, -0.1) is 0 Å². The van der Waals surface area contributed by atoms with Crippen LogP contribution in [0.5, 0.6) is 0 Å². The zero-order chi connectivity index (χ0) is 21.8. The van der Waals surface area contributed by atoms with Gasteiger partial charge in [0.05, 0.1) is 11.1 Å². The van der Waals surface area contributed by atoms with E-state index >= 15 is 0 Å². The Bertz CT molecular complexity index is 1240. The number of nitrogens with zero attached hydrogens (tertiary/aromatic N) is 2. The lowest BCUT2D eigenvalue weighted by Gasteiger charge is -2.11. The number of carboxylic acids is 1. The number of hydrogen-bond acceptors (Lipinski definition) is 5. The Hall–Kier alpha value is -4.20. The second-order valence-electron chi connectivity index (χ2n) is 6.93. The van der Waals surface area contributed by atoms with Gasteiger partial charge in [-0.25, -0.2) is 19.3 Å². The predicted octanol–water partition coefficient (Wildman–Crippen LogP) is 3.21. The lowest BCUT2D eigenvalue weighted by molar-refractivity contribution is -0.132. The number of carbonyl (C=O) groups is 2. The van der Waals surface area contributed by atoms with Crippen molar-refractivity contribution in [3.05, 3.63) is 94.0 Å². The summed E-state index contributed by atoms with van der Waals surface area (Å²) in [5, 5.41) is 11.9. The number of benzene rings is 2. The number of carbonyl (C=O) groups excluding carboxylic acids is 1. The number of aromatic nitrogens is 2. The minimum atomic E-state index is -1.04. The maximum absolute atomic E-state index is 13.2. The monoisotopic (exact) mass is 417 g/mol. The molecule has 1 aliphatic heterocycles. The molecule has 1 aromatic heterocycles. The van der Waals surface area contributed by atoms with E-state index in [4.69, 9.17) is 9.84 Å². The second kappa shape index (κ2) is 8.66. The molecule has 1 aliphatic rings. The maximum Gasteiger partial charge on any atom is 0.357 e. The summed E-state index contributed by atoms with van der Waals surface area (Å²) in [6.07, 6.45) is 1.70. The summed E-state index contributed by atoms with van der Waals surface area (Å²) in [5.74, 6) is -1.39. The predicted molar refractivity (Wildman–Crippen MR) is 114 cm³/mol. The molecule has 2 N–H and O–H groups in total. The van der Waals surface area contributed by atoms with E-state index in [0.29, 0.717) is 11.4 Å². The summed E-state index contributed by atoms with van der Waals surface area (Å²) in [6.45, 7) is 0.0623. The fraction of sp³-hybridized carbons (Fsp3) is 0.130. The van der Waals surface area contributed by atoms with Crippen molar-refractivity contribution in [2.24, 2.45) is 4.99 Å². The first-order valence-corrected chi connectivity index (χ1v) is 9.65. The number of rotatable bonds is 5. The van der Waals surface area contributed by atoms with E-state index in [1.165, 1.54) is 10.9 Å². The van der Waals surface area contributed by atoms with Crippen molar-refractivity contribution >= 4 is 17.8 Å². The molecule has 0 spiro atoms. The molecule has 0 radical (unpaired) electrons. The van der Waals surface area contributed by atoms with Gasteiger partial charge in [0.15, 0.2) is 5.69 Å². The first kappa shape index (κ1) is 20.1. The molecule has 0 amide bonds. The van der Waals surface area contributed by atoms with Gasteiger partial charge in [0, 0.05) is 12.6 Å². The number of carboxylic acid groups (broad SMARTS) is 1. The molecule has 0 saturated heterocycles. The SMILES string of the molecule is O=C(O)C1=CN=C(n2[nH]c(C(=O)OCc3ccccc3)c(-c3ccccc3)c2=O)CC1. The van der Waals surface area contributed by atoms with E-state index in [0.717, 1.165) is 5.56 Å². The Kier molecular flexibility index (Phi) is 5.61. The molecule has 4 rings (SSSR count). The Balaban J connectivity index is 1.72. The van der Waals surface area contributed by atoms with Crippen LogP contribution >= 0.6 is 0 Å². The molecule has 2 aromatic carbocycles. The van der Waals surface area contributed by atoms with Crippen LogP contribution in [0, 0.1) is 0 Å². The largest absolute Gasteiger partial charge is 0.478 e. The van der Waals surface area contributed by atoms with Gasteiger partial charge < -0.3 is 9.84 Å². The van der Waals surface area contributed by atoms with E-state index < -0.39 is 17.5 Å². The first-order chi connectivity index (χ1) is 15.0. The smallest absolute Gasteiger partial charge is 0.357 e. The molecule has 0 saturated carbocycles. The molecule has 0 atom stereocenters. The summed E-state index contributed by atoms with van der Waals surface area (Å²) in [6, 6.07) is 18.0. The Labute approximate surface area is 177 Å². The Morgan fingerprint density at radius 1 is 1.03 bits per heavy atom. The van der Waals surface area contributed by atoms with Crippen LogP contribution in [0.25, 0.3) is 11.1 Å². The van der Waals surface area contributed by atoms with Crippen LogP contribution in [0.3, 0.4) is 0 Å². The standard InChI is InChI=1S/C23H19N3O5/c27-21-19(16-9-5-2-6-10-16)20(23(30)31-14-15-7-3-1-4-8-15)25-26(21)18-12-11-17(13-24-18)22(28)29/h1-10,13,25H,11-12,14H2,(H,28,29). The summed E-state index contributed by atoms with van der Waals surface area (Å²) in [7, 11) is 0. The topological polar surface area (TPSA) is 114 Å². The number of aliphatic imine (C=N–C) groups is 1. The number of aromatic amines is 1. The second-order valence-corrected chi connectivity index (χ2v) is 6.93. The fourth-order valence-corrected chi connectivity index (χ4v) is 3.29. The molecule has 0 fully saturated rings. The van der Waals surface area contributed by atoms with E-state index in [9.17, 15) is 14.4 Å². The Morgan fingerprint density at radius 3 is 2.32 bits per heavy atom. The van der Waals surface area contributed by atoms with E-state index in [-0.39, 0.29) is 36.3 Å². The average Bonchev–Trinajstić information content (AvgIpc) is 3.16. The van der Waals surface area contributed by atoms with Crippen LogP contribution in [0.1, 0.15) is 28.9 Å². The quantitative estimate of drug-likeness (QED) is 0.619. The van der Waals surface area contributed by atoms with E-state index in [1.54, 1.807) is 24.3 Å². The van der Waals surface area contributed by atoms with Crippen molar-refractivity contribution in [3.63, 3.8) is 0 Å². The average molecular weight is 417 g/mol. The van der Waals surface area contributed by atoms with Crippen molar-refractivity contribution in [3.8, 4) is 11.1 Å². The molecule has 31 heavy (non-hydrogen) atoms. The maximum atomic E-state index is 13.2. The summed E-state index contributed by atoms with van der Waals surface area (Å²) < 4.78 is 6.61. The highest BCUT2D eigenvalue weighted by atomic mass is 16.5. The lowest BCUT2D eigenvalue weighted by atomic mass is 10.1. The number of nitrogens with one attached hydrogen (secondary N) is 1. The zero-order valence-corrected chi connectivity index (χ0v) is 16.4. The van der Waals surface area contributed by atoms with Crippen molar-refractivity contribution in [1.29, 1.82) is 0 Å². The van der Waals surface area contributed by atoms with E-state index in [1.807, 2.05) is 36.4 Å². The summed E-state index contributed by atoms with van der Waals surface area (Å²) >= 11 is 0. The Morgan fingerprint density at radius 2 is 1.71 bits per heavy atom. The number of ether oxygens (including phenoxy) is 1. The third-order valence-corrected chi connectivity index (χ3v) is 4.89. The van der Waals surface area contributed by atoms with Gasteiger partial charge in [-0.05, 0) is 17.5 Å². The van der Waals surface area contributed by atoms with Gasteiger partial charge >= 0.3 is 11.9 Å². The third-order valence-electron chi connectivity index (χ3n) is 4.89. The first-order valence-electron chi connectivity index (χ1n) is 9.65. The summed E-state index contributed by atoms with van der Waals surface area (Å²) in [4.78, 5) is 41.3. The highest BCUT2D eigenvalue weighted by molar-refractivity contribution is 5.97. The van der Waals surface area contributed by atoms with Gasteiger partial charge in [-0.1, -0.05) is 60.7 Å². The number of hydrogen-bond donors (Lipinski definition) is 2. The number of esters is 1. The summed E-state index contributed by atoms with van der Waals surface area (Å²) in [5.41, 5.74) is 1.28. The van der Waals surface area contributed by atoms with Gasteiger partial charge in [0.1, 0.15) is 12.4 Å².